The van der Waals surface area contributed by atoms with Gasteiger partial charge in [-0.3, -0.25) is 0 Å². The standard InChI is InChI=1S/C12H15N3OS/c1-12(2,11-14-7-8-17-11)15-10-9(16-3)5-4-6-13-10/h4-8H,1-3H3,(H,13,15). The molecular weight excluding hydrogens is 234 g/mol. The summed E-state index contributed by atoms with van der Waals surface area (Å²) in [5, 5.41) is 6.34. The van der Waals surface area contributed by atoms with E-state index in [0.29, 0.717) is 0 Å². The Hall–Kier alpha value is -1.62. The van der Waals surface area contributed by atoms with Gasteiger partial charge in [0.15, 0.2) is 11.6 Å². The van der Waals surface area contributed by atoms with Crippen molar-refractivity contribution in [1.82, 2.24) is 9.97 Å². The summed E-state index contributed by atoms with van der Waals surface area (Å²) in [4.78, 5) is 8.61. The number of methoxy groups -OCH3 is 1. The van der Waals surface area contributed by atoms with Crippen LogP contribution in [0.15, 0.2) is 29.9 Å². The molecule has 0 aliphatic carbocycles. The van der Waals surface area contributed by atoms with Crippen LogP contribution in [0.1, 0.15) is 18.9 Å². The Bertz CT molecular complexity index is 482. The minimum atomic E-state index is -0.268. The first kappa shape index (κ1) is 11.9. The van der Waals surface area contributed by atoms with E-state index in [0.717, 1.165) is 16.6 Å². The number of hydrogen-bond acceptors (Lipinski definition) is 5. The minimum absolute atomic E-state index is 0.268. The molecule has 0 aromatic carbocycles. The van der Waals surface area contributed by atoms with Gasteiger partial charge in [0.1, 0.15) is 5.01 Å². The third-order valence-electron chi connectivity index (χ3n) is 2.39. The van der Waals surface area contributed by atoms with E-state index in [1.54, 1.807) is 30.8 Å². The zero-order valence-corrected chi connectivity index (χ0v) is 10.9. The maximum Gasteiger partial charge on any atom is 0.169 e. The summed E-state index contributed by atoms with van der Waals surface area (Å²) >= 11 is 1.62. The van der Waals surface area contributed by atoms with E-state index in [9.17, 15) is 0 Å². The first-order chi connectivity index (χ1) is 8.13. The Morgan fingerprint density at radius 1 is 1.29 bits per heavy atom. The van der Waals surface area contributed by atoms with Gasteiger partial charge in [0.05, 0.1) is 12.6 Å². The van der Waals surface area contributed by atoms with Crippen LogP contribution in [0.3, 0.4) is 0 Å². The number of thiazole rings is 1. The summed E-state index contributed by atoms with van der Waals surface area (Å²) in [7, 11) is 1.64. The van der Waals surface area contributed by atoms with Gasteiger partial charge in [-0.15, -0.1) is 11.3 Å². The molecule has 90 valence electrons. The fraction of sp³-hybridized carbons (Fsp3) is 0.333. The molecule has 0 saturated heterocycles. The van der Waals surface area contributed by atoms with Gasteiger partial charge in [0, 0.05) is 17.8 Å². The van der Waals surface area contributed by atoms with Crippen LogP contribution in [0.4, 0.5) is 5.82 Å². The quantitative estimate of drug-likeness (QED) is 0.905. The van der Waals surface area contributed by atoms with Gasteiger partial charge in [-0.25, -0.2) is 9.97 Å². The first-order valence-electron chi connectivity index (χ1n) is 5.30. The number of nitrogens with zero attached hydrogens (tertiary/aromatic N) is 2. The van der Waals surface area contributed by atoms with Crippen molar-refractivity contribution in [2.24, 2.45) is 0 Å². The third-order valence-corrected chi connectivity index (χ3v) is 3.49. The summed E-state index contributed by atoms with van der Waals surface area (Å²) in [6, 6.07) is 3.73. The SMILES string of the molecule is COc1cccnc1NC(C)(C)c1nccs1. The van der Waals surface area contributed by atoms with E-state index < -0.39 is 0 Å². The summed E-state index contributed by atoms with van der Waals surface area (Å²) in [6.07, 6.45) is 3.54. The molecule has 0 aliphatic heterocycles. The molecule has 0 atom stereocenters. The zero-order valence-electron chi connectivity index (χ0n) is 10.1. The van der Waals surface area contributed by atoms with Gasteiger partial charge in [0.25, 0.3) is 0 Å². The molecule has 2 rings (SSSR count). The molecule has 0 radical (unpaired) electrons. The molecule has 2 aromatic rings. The number of nitrogens with one attached hydrogen (secondary N) is 1. The molecule has 0 bridgehead atoms. The van der Waals surface area contributed by atoms with Crippen LogP contribution in [0, 0.1) is 0 Å². The van der Waals surface area contributed by atoms with Crippen LogP contribution in [0.5, 0.6) is 5.75 Å². The summed E-state index contributed by atoms with van der Waals surface area (Å²) in [6.45, 7) is 4.14. The second kappa shape index (κ2) is 4.71. The van der Waals surface area contributed by atoms with Crippen molar-refractivity contribution in [2.45, 2.75) is 19.4 Å². The largest absolute Gasteiger partial charge is 0.493 e. The predicted molar refractivity (Wildman–Crippen MR) is 69.6 cm³/mol. The molecule has 2 heterocycles. The van der Waals surface area contributed by atoms with Crippen LogP contribution in [0.2, 0.25) is 0 Å². The normalized spacial score (nSPS) is 11.2. The van der Waals surface area contributed by atoms with Crippen molar-refractivity contribution < 1.29 is 4.74 Å². The zero-order chi connectivity index (χ0) is 12.3. The molecule has 0 spiro atoms. The van der Waals surface area contributed by atoms with Crippen molar-refractivity contribution in [3.63, 3.8) is 0 Å². The molecule has 4 nitrogen and oxygen atoms in total. The van der Waals surface area contributed by atoms with E-state index >= 15 is 0 Å². The highest BCUT2D eigenvalue weighted by molar-refractivity contribution is 7.09. The molecule has 0 unspecified atom stereocenters. The predicted octanol–water partition coefficient (Wildman–Crippen LogP) is 2.89. The molecule has 2 aromatic heterocycles. The molecule has 0 fully saturated rings. The lowest BCUT2D eigenvalue weighted by molar-refractivity contribution is 0.412. The lowest BCUT2D eigenvalue weighted by atomic mass is 10.1. The van der Waals surface area contributed by atoms with Gasteiger partial charge in [-0.2, -0.15) is 0 Å². The number of anilines is 1. The maximum absolute atomic E-state index is 5.27. The average molecular weight is 249 g/mol. The molecule has 5 heteroatoms. The Morgan fingerprint density at radius 2 is 2.12 bits per heavy atom. The number of rotatable bonds is 4. The van der Waals surface area contributed by atoms with Crippen molar-refractivity contribution in [2.75, 3.05) is 12.4 Å². The van der Waals surface area contributed by atoms with Crippen molar-refractivity contribution in [3.05, 3.63) is 34.9 Å². The van der Waals surface area contributed by atoms with Gasteiger partial charge < -0.3 is 10.1 Å². The fourth-order valence-corrected chi connectivity index (χ4v) is 2.25. The first-order valence-corrected chi connectivity index (χ1v) is 6.18. The molecule has 0 saturated carbocycles. The Labute approximate surface area is 105 Å². The Morgan fingerprint density at radius 3 is 2.76 bits per heavy atom. The van der Waals surface area contributed by atoms with E-state index in [2.05, 4.69) is 29.1 Å². The van der Waals surface area contributed by atoms with Gasteiger partial charge in [-0.1, -0.05) is 0 Å². The second-order valence-corrected chi connectivity index (χ2v) is 5.04. The smallest absolute Gasteiger partial charge is 0.169 e. The maximum atomic E-state index is 5.27. The highest BCUT2D eigenvalue weighted by Gasteiger charge is 2.24. The average Bonchev–Trinajstić information content (AvgIpc) is 2.83. The van der Waals surface area contributed by atoms with Crippen LogP contribution in [-0.4, -0.2) is 17.1 Å². The van der Waals surface area contributed by atoms with Gasteiger partial charge in [0.2, 0.25) is 0 Å². The molecule has 0 amide bonds. The third kappa shape index (κ3) is 2.55. The molecule has 0 aliphatic rings. The highest BCUT2D eigenvalue weighted by Crippen LogP contribution is 2.30. The van der Waals surface area contributed by atoms with E-state index in [1.165, 1.54) is 0 Å². The molecular formula is C12H15N3OS. The van der Waals surface area contributed by atoms with Crippen LogP contribution >= 0.6 is 11.3 Å². The van der Waals surface area contributed by atoms with Crippen molar-refractivity contribution in [1.29, 1.82) is 0 Å². The van der Waals surface area contributed by atoms with Crippen molar-refractivity contribution >= 4 is 17.2 Å². The van der Waals surface area contributed by atoms with E-state index in [-0.39, 0.29) is 5.54 Å². The lowest BCUT2D eigenvalue weighted by Crippen LogP contribution is -2.28. The number of hydrogen-bond donors (Lipinski definition) is 1. The summed E-state index contributed by atoms with van der Waals surface area (Å²) < 4.78 is 5.27. The van der Waals surface area contributed by atoms with Crippen LogP contribution in [0.25, 0.3) is 0 Å². The minimum Gasteiger partial charge on any atom is -0.493 e. The fourth-order valence-electron chi connectivity index (χ4n) is 1.53. The van der Waals surface area contributed by atoms with Gasteiger partial charge in [-0.05, 0) is 26.0 Å². The lowest BCUT2D eigenvalue weighted by Gasteiger charge is -2.25. The van der Waals surface area contributed by atoms with E-state index in [1.807, 2.05) is 17.5 Å². The number of aromatic nitrogens is 2. The van der Waals surface area contributed by atoms with E-state index in [4.69, 9.17) is 4.74 Å². The number of pyridine rings is 1. The molecule has 17 heavy (non-hydrogen) atoms. The van der Waals surface area contributed by atoms with Crippen LogP contribution in [-0.2, 0) is 5.54 Å². The monoisotopic (exact) mass is 249 g/mol. The Balaban J connectivity index is 2.26. The van der Waals surface area contributed by atoms with Crippen molar-refractivity contribution in [3.8, 4) is 5.75 Å². The van der Waals surface area contributed by atoms with Crippen LogP contribution < -0.4 is 10.1 Å². The number of ether oxygens (including phenoxy) is 1. The summed E-state index contributed by atoms with van der Waals surface area (Å²) in [5.74, 6) is 1.47. The highest BCUT2D eigenvalue weighted by atomic mass is 32.1. The molecule has 1 N–H and O–H groups in total. The van der Waals surface area contributed by atoms with Gasteiger partial charge >= 0.3 is 0 Å². The summed E-state index contributed by atoms with van der Waals surface area (Å²) in [5.41, 5.74) is -0.268. The second-order valence-electron chi connectivity index (χ2n) is 4.14. The topological polar surface area (TPSA) is 47.0 Å². The Kier molecular flexibility index (Phi) is 3.28.